The molecule has 256 valence electrons. The van der Waals surface area contributed by atoms with Gasteiger partial charge in [0.25, 0.3) is 32.1 Å². The van der Waals surface area contributed by atoms with E-state index in [2.05, 4.69) is 15.6 Å². The Morgan fingerprint density at radius 1 is 0.647 bits per heavy atom. The van der Waals surface area contributed by atoms with Gasteiger partial charge >= 0.3 is 0 Å². The molecule has 0 radical (unpaired) electrons. The third kappa shape index (κ3) is 7.18. The van der Waals surface area contributed by atoms with Gasteiger partial charge in [-0.3, -0.25) is 14.4 Å². The fourth-order valence-electron chi connectivity index (χ4n) is 5.80. The van der Waals surface area contributed by atoms with Crippen LogP contribution in [0.25, 0.3) is 33.7 Å². The van der Waals surface area contributed by atoms with Crippen molar-refractivity contribution in [1.82, 2.24) is 5.32 Å². The molecule has 7 rings (SSSR count). The number of nitrogens with zero attached hydrogens (tertiary/aromatic N) is 1. The Balaban J connectivity index is 1.32. The van der Waals surface area contributed by atoms with Gasteiger partial charge in [0.1, 0.15) is 21.3 Å². The first-order chi connectivity index (χ1) is 24.5. The van der Waals surface area contributed by atoms with Crippen molar-refractivity contribution < 1.29 is 35.4 Å². The number of anilines is 1. The maximum Gasteiger partial charge on any atom is 0.299 e. The van der Waals surface area contributed by atoms with Crippen molar-refractivity contribution in [3.05, 3.63) is 151 Å². The van der Waals surface area contributed by atoms with Crippen molar-refractivity contribution in [3.63, 3.8) is 0 Å². The van der Waals surface area contributed by atoms with Crippen molar-refractivity contribution in [1.29, 1.82) is 0 Å². The molecule has 1 atom stereocenters. The Morgan fingerprint density at radius 3 is 1.92 bits per heavy atom. The van der Waals surface area contributed by atoms with Crippen molar-refractivity contribution in [2.75, 3.05) is 5.32 Å². The molecule has 1 aliphatic rings. The van der Waals surface area contributed by atoms with Crippen LogP contribution in [0.3, 0.4) is 0 Å². The number of benzene rings is 6. The Hall–Kier alpha value is -5.99. The lowest BCUT2D eigenvalue weighted by molar-refractivity contribution is 0.128. The molecule has 1 aliphatic heterocycles. The van der Waals surface area contributed by atoms with Gasteiger partial charge in [-0.1, -0.05) is 115 Å². The molecular weight excluding hydrogens is 691 g/mol. The normalized spacial score (nSPS) is 16.2. The summed E-state index contributed by atoms with van der Waals surface area (Å²) in [7, 11) is -9.51. The molecule has 0 amide bonds. The lowest BCUT2D eigenvalue weighted by Crippen LogP contribution is -2.59. The second-order valence-corrected chi connectivity index (χ2v) is 14.2. The Bertz CT molecular complexity index is 2610. The minimum Gasteiger partial charge on any atom is -0.446 e. The summed E-state index contributed by atoms with van der Waals surface area (Å²) >= 11 is 0. The number of ether oxygens (including phenoxy) is 2. The van der Waals surface area contributed by atoms with Gasteiger partial charge in [-0.05, 0) is 46.2 Å². The SMILES string of the molecule is O=S(=O)(O)c1ccccc1C=Cc1cccc(NC2(Oc3cccc4ccccc34)C=CN=C(Oc3cccc4ccccc34)N2)c1S(=O)(=O)O. The third-order valence-corrected chi connectivity index (χ3v) is 9.93. The molecule has 0 spiro atoms. The standard InChI is InChI=1S/C38H29N3O8S2/c42-50(43,44)35-21-6-3-12-28(35)22-23-29-15-7-18-32(36(29)51(45,46)47)40-38(49-34-20-9-14-27-11-2-5-17-31(27)34)24-25-39-37(41-38)48-33-19-8-13-26-10-1-4-16-30(26)33/h1-25,40H,(H,39,41)(H,42,43,44)(H,45,46,47). The van der Waals surface area contributed by atoms with Crippen molar-refractivity contribution in [2.24, 2.45) is 4.99 Å². The number of nitrogens with one attached hydrogen (secondary N) is 2. The van der Waals surface area contributed by atoms with Gasteiger partial charge in [0.2, 0.25) is 0 Å². The van der Waals surface area contributed by atoms with E-state index in [9.17, 15) is 25.9 Å². The van der Waals surface area contributed by atoms with Crippen molar-refractivity contribution in [3.8, 4) is 11.5 Å². The van der Waals surface area contributed by atoms with Crippen LogP contribution in [0.4, 0.5) is 5.69 Å². The van der Waals surface area contributed by atoms with E-state index in [1.807, 2.05) is 72.8 Å². The largest absolute Gasteiger partial charge is 0.446 e. The van der Waals surface area contributed by atoms with E-state index in [0.29, 0.717) is 11.5 Å². The first-order valence-corrected chi connectivity index (χ1v) is 18.4. The number of amidine groups is 1. The molecule has 13 heteroatoms. The topological polar surface area (TPSA) is 164 Å². The van der Waals surface area contributed by atoms with Gasteiger partial charge in [0.05, 0.1) is 5.69 Å². The zero-order valence-corrected chi connectivity index (χ0v) is 28.2. The molecule has 0 aromatic heterocycles. The van der Waals surface area contributed by atoms with Crippen LogP contribution >= 0.6 is 0 Å². The molecule has 0 bridgehead atoms. The van der Waals surface area contributed by atoms with E-state index in [1.54, 1.807) is 24.3 Å². The summed E-state index contributed by atoms with van der Waals surface area (Å²) in [5.74, 6) is -0.814. The summed E-state index contributed by atoms with van der Waals surface area (Å²) in [5.41, 5.74) is 0.0267. The maximum atomic E-state index is 13.0. The monoisotopic (exact) mass is 719 g/mol. The summed E-state index contributed by atoms with van der Waals surface area (Å²) in [5, 5.41) is 9.69. The molecule has 1 unspecified atom stereocenters. The highest BCUT2D eigenvalue weighted by Crippen LogP contribution is 2.34. The van der Waals surface area contributed by atoms with Gasteiger partial charge in [0, 0.05) is 23.0 Å². The number of hydrogen-bond donors (Lipinski definition) is 4. The van der Waals surface area contributed by atoms with Crippen molar-refractivity contribution >= 4 is 65.6 Å². The molecule has 0 saturated carbocycles. The van der Waals surface area contributed by atoms with Crippen LogP contribution in [0.15, 0.2) is 154 Å². The van der Waals surface area contributed by atoms with E-state index in [0.717, 1.165) is 21.5 Å². The first-order valence-electron chi connectivity index (χ1n) is 15.5. The van der Waals surface area contributed by atoms with Crippen LogP contribution in [0.5, 0.6) is 11.5 Å². The first kappa shape index (κ1) is 33.5. The molecule has 51 heavy (non-hydrogen) atoms. The minimum absolute atomic E-state index is 0.00800. The number of aliphatic imine (C=N–C) groups is 1. The second-order valence-electron chi connectivity index (χ2n) is 11.4. The summed E-state index contributed by atoms with van der Waals surface area (Å²) < 4.78 is 83.2. The fraction of sp³-hybridized carbons (Fsp3) is 0.0263. The van der Waals surface area contributed by atoms with E-state index in [1.165, 1.54) is 54.8 Å². The molecule has 11 nitrogen and oxygen atoms in total. The molecule has 1 heterocycles. The van der Waals surface area contributed by atoms with Crippen LogP contribution < -0.4 is 20.1 Å². The van der Waals surface area contributed by atoms with E-state index in [4.69, 9.17) is 9.47 Å². The molecule has 6 aromatic rings. The summed E-state index contributed by atoms with van der Waals surface area (Å²) in [6.45, 7) is 0. The Kier molecular flexibility index (Phi) is 8.79. The Morgan fingerprint density at radius 2 is 1.22 bits per heavy atom. The zero-order valence-electron chi connectivity index (χ0n) is 26.5. The van der Waals surface area contributed by atoms with Gasteiger partial charge in [-0.25, -0.2) is 4.99 Å². The van der Waals surface area contributed by atoms with E-state index in [-0.39, 0.29) is 27.7 Å². The molecule has 0 saturated heterocycles. The molecule has 0 aliphatic carbocycles. The lowest BCUT2D eigenvalue weighted by Gasteiger charge is -2.36. The van der Waals surface area contributed by atoms with Gasteiger partial charge < -0.3 is 14.8 Å². The smallest absolute Gasteiger partial charge is 0.299 e. The number of rotatable bonds is 9. The van der Waals surface area contributed by atoms with Crippen LogP contribution in [0.2, 0.25) is 0 Å². The lowest BCUT2D eigenvalue weighted by atomic mass is 10.1. The molecule has 0 fully saturated rings. The highest BCUT2D eigenvalue weighted by Gasteiger charge is 2.37. The summed E-state index contributed by atoms with van der Waals surface area (Å²) in [6, 6.07) is 36.4. The van der Waals surface area contributed by atoms with Gasteiger partial charge in [-0.15, -0.1) is 0 Å². The zero-order chi connectivity index (χ0) is 35.6. The van der Waals surface area contributed by atoms with Crippen molar-refractivity contribution in [2.45, 2.75) is 15.6 Å². The highest BCUT2D eigenvalue weighted by molar-refractivity contribution is 7.86. The quantitative estimate of drug-likeness (QED) is 0.0675. The predicted molar refractivity (Wildman–Crippen MR) is 197 cm³/mol. The average Bonchev–Trinajstić information content (AvgIpc) is 3.10. The minimum atomic E-state index is -4.93. The Labute approximate surface area is 293 Å². The van der Waals surface area contributed by atoms with Crippen LogP contribution in [-0.2, 0) is 20.2 Å². The second kappa shape index (κ2) is 13.4. The van der Waals surface area contributed by atoms with Gasteiger partial charge in [-0.2, -0.15) is 16.8 Å². The van der Waals surface area contributed by atoms with E-state index < -0.39 is 31.0 Å². The maximum absolute atomic E-state index is 13.0. The molecule has 4 N–H and O–H groups in total. The molecular formula is C38H29N3O8S2. The van der Waals surface area contributed by atoms with E-state index >= 15 is 0 Å². The number of fused-ring (bicyclic) bond motifs is 2. The van der Waals surface area contributed by atoms with Crippen LogP contribution in [-0.4, -0.2) is 37.8 Å². The summed E-state index contributed by atoms with van der Waals surface area (Å²) in [4.78, 5) is 3.49. The average molecular weight is 720 g/mol. The fourth-order valence-corrected chi connectivity index (χ4v) is 7.32. The third-order valence-electron chi connectivity index (χ3n) is 8.03. The van der Waals surface area contributed by atoms with Gasteiger partial charge in [0.15, 0.2) is 0 Å². The summed E-state index contributed by atoms with van der Waals surface area (Å²) in [6.07, 6.45) is 5.61. The predicted octanol–water partition coefficient (Wildman–Crippen LogP) is 7.35. The van der Waals surface area contributed by atoms with Crippen LogP contribution in [0.1, 0.15) is 11.1 Å². The number of hydrogen-bond acceptors (Lipinski definition) is 9. The van der Waals surface area contributed by atoms with Crippen LogP contribution in [0, 0.1) is 0 Å². The molecule has 6 aromatic carbocycles. The highest BCUT2D eigenvalue weighted by atomic mass is 32.2.